The number of ether oxygens (including phenoxy) is 1. The highest BCUT2D eigenvalue weighted by Gasteiger charge is 2.35. The van der Waals surface area contributed by atoms with Gasteiger partial charge < -0.3 is 4.74 Å². The van der Waals surface area contributed by atoms with Crippen molar-refractivity contribution in [2.75, 3.05) is 4.90 Å². The first-order valence-electron chi connectivity index (χ1n) is 6.52. The summed E-state index contributed by atoms with van der Waals surface area (Å²) in [5.74, 6) is 0. The van der Waals surface area contributed by atoms with Crippen LogP contribution in [0, 0.1) is 0 Å². The van der Waals surface area contributed by atoms with E-state index in [1.165, 1.54) is 5.56 Å². The van der Waals surface area contributed by atoms with Gasteiger partial charge in [0.05, 0.1) is 5.69 Å². The predicted molar refractivity (Wildman–Crippen MR) is 72.9 cm³/mol. The van der Waals surface area contributed by atoms with Crippen molar-refractivity contribution in [2.24, 2.45) is 0 Å². The molecule has 0 fully saturated rings. The molecule has 1 amide bonds. The van der Waals surface area contributed by atoms with Gasteiger partial charge in [-0.2, -0.15) is 0 Å². The molecule has 1 heterocycles. The molecule has 0 spiro atoms. The Morgan fingerprint density at radius 1 is 1.39 bits per heavy atom. The maximum Gasteiger partial charge on any atom is 0.415 e. The number of anilines is 1. The lowest BCUT2D eigenvalue weighted by atomic mass is 10.1. The molecule has 3 nitrogen and oxygen atoms in total. The van der Waals surface area contributed by atoms with Crippen LogP contribution in [0.1, 0.15) is 39.7 Å². The predicted octanol–water partition coefficient (Wildman–Crippen LogP) is 3.76. The van der Waals surface area contributed by atoms with Crippen molar-refractivity contribution in [3.8, 4) is 0 Å². The van der Waals surface area contributed by atoms with Crippen LogP contribution in [0.4, 0.5) is 10.5 Å². The van der Waals surface area contributed by atoms with E-state index in [9.17, 15) is 4.79 Å². The molecular formula is C15H21NO2. The summed E-state index contributed by atoms with van der Waals surface area (Å²) in [4.78, 5) is 14.1. The fourth-order valence-corrected chi connectivity index (χ4v) is 2.35. The average Bonchev–Trinajstić information content (AvgIpc) is 2.64. The Hall–Kier alpha value is -1.51. The van der Waals surface area contributed by atoms with E-state index >= 15 is 0 Å². The average molecular weight is 247 g/mol. The zero-order valence-corrected chi connectivity index (χ0v) is 11.6. The highest BCUT2D eigenvalue weighted by Crippen LogP contribution is 2.34. The zero-order valence-electron chi connectivity index (χ0n) is 11.6. The highest BCUT2D eigenvalue weighted by molar-refractivity contribution is 5.91. The molecule has 1 atom stereocenters. The highest BCUT2D eigenvalue weighted by atomic mass is 16.6. The van der Waals surface area contributed by atoms with Crippen molar-refractivity contribution in [1.29, 1.82) is 0 Å². The number of rotatable bonds is 1. The molecular weight excluding hydrogens is 226 g/mol. The molecule has 2 rings (SSSR count). The maximum absolute atomic E-state index is 12.3. The van der Waals surface area contributed by atoms with Gasteiger partial charge in [-0.05, 0) is 45.2 Å². The Bertz CT molecular complexity index is 448. The van der Waals surface area contributed by atoms with E-state index in [0.717, 1.165) is 18.5 Å². The van der Waals surface area contributed by atoms with E-state index in [-0.39, 0.29) is 12.1 Å². The van der Waals surface area contributed by atoms with Crippen molar-refractivity contribution < 1.29 is 9.53 Å². The summed E-state index contributed by atoms with van der Waals surface area (Å²) in [6.07, 6.45) is 1.62. The van der Waals surface area contributed by atoms with E-state index in [4.69, 9.17) is 4.74 Å². The van der Waals surface area contributed by atoms with Crippen molar-refractivity contribution >= 4 is 11.8 Å². The van der Waals surface area contributed by atoms with Crippen LogP contribution >= 0.6 is 0 Å². The first kappa shape index (κ1) is 12.9. The number of amides is 1. The first-order valence-corrected chi connectivity index (χ1v) is 6.52. The van der Waals surface area contributed by atoms with Gasteiger partial charge in [0.1, 0.15) is 5.60 Å². The number of hydrogen-bond donors (Lipinski definition) is 0. The summed E-state index contributed by atoms with van der Waals surface area (Å²) in [6, 6.07) is 8.28. The maximum atomic E-state index is 12.3. The van der Waals surface area contributed by atoms with Gasteiger partial charge in [0, 0.05) is 6.04 Å². The molecule has 0 radical (unpaired) electrons. The molecule has 1 aromatic carbocycles. The van der Waals surface area contributed by atoms with Crippen LogP contribution in [-0.2, 0) is 11.2 Å². The number of hydrogen-bond acceptors (Lipinski definition) is 2. The van der Waals surface area contributed by atoms with Gasteiger partial charge in [-0.15, -0.1) is 0 Å². The van der Waals surface area contributed by atoms with Gasteiger partial charge in [-0.3, -0.25) is 4.90 Å². The molecule has 98 valence electrons. The molecule has 1 aromatic rings. The van der Waals surface area contributed by atoms with Crippen LogP contribution in [0.15, 0.2) is 24.3 Å². The second kappa shape index (κ2) is 4.63. The summed E-state index contributed by atoms with van der Waals surface area (Å²) in [5, 5.41) is 0. The Kier molecular flexibility index (Phi) is 3.33. The van der Waals surface area contributed by atoms with Crippen molar-refractivity contribution in [3.05, 3.63) is 29.8 Å². The Morgan fingerprint density at radius 3 is 2.67 bits per heavy atom. The third kappa shape index (κ3) is 2.50. The van der Waals surface area contributed by atoms with Crippen LogP contribution in [0.2, 0.25) is 0 Å². The molecule has 18 heavy (non-hydrogen) atoms. The molecule has 0 aromatic heterocycles. The van der Waals surface area contributed by atoms with E-state index in [1.54, 1.807) is 4.90 Å². The summed E-state index contributed by atoms with van der Waals surface area (Å²) in [5.41, 5.74) is 1.78. The normalized spacial score (nSPS) is 18.7. The molecule has 1 aliphatic rings. The minimum Gasteiger partial charge on any atom is -0.443 e. The minimum absolute atomic E-state index is 0.220. The van der Waals surface area contributed by atoms with Crippen LogP contribution < -0.4 is 4.90 Å². The van der Waals surface area contributed by atoms with Gasteiger partial charge in [0.25, 0.3) is 0 Å². The lowest BCUT2D eigenvalue weighted by Crippen LogP contribution is -2.41. The summed E-state index contributed by atoms with van der Waals surface area (Å²) < 4.78 is 5.50. The van der Waals surface area contributed by atoms with E-state index in [1.807, 2.05) is 39.0 Å². The van der Waals surface area contributed by atoms with E-state index < -0.39 is 5.60 Å². The fourth-order valence-electron chi connectivity index (χ4n) is 2.35. The van der Waals surface area contributed by atoms with Crippen LogP contribution in [-0.4, -0.2) is 17.7 Å². The summed E-state index contributed by atoms with van der Waals surface area (Å²) in [7, 11) is 0. The number of para-hydroxylation sites is 1. The van der Waals surface area contributed by atoms with Gasteiger partial charge in [0.15, 0.2) is 0 Å². The molecule has 0 N–H and O–H groups in total. The van der Waals surface area contributed by atoms with Gasteiger partial charge >= 0.3 is 6.09 Å². The SMILES string of the molecule is CC[C@@H]1Cc2ccccc2N1C(=O)OC(C)(C)C. The fraction of sp³-hybridized carbons (Fsp3) is 0.533. The number of benzene rings is 1. The molecule has 0 unspecified atom stereocenters. The Morgan fingerprint density at radius 2 is 2.06 bits per heavy atom. The number of nitrogens with zero attached hydrogens (tertiary/aromatic N) is 1. The van der Waals surface area contributed by atoms with Gasteiger partial charge in [-0.1, -0.05) is 25.1 Å². The van der Waals surface area contributed by atoms with Gasteiger partial charge in [0.2, 0.25) is 0 Å². The molecule has 0 saturated carbocycles. The smallest absolute Gasteiger partial charge is 0.415 e. The first-order chi connectivity index (χ1) is 8.42. The largest absolute Gasteiger partial charge is 0.443 e. The number of carbonyl (C=O) groups excluding carboxylic acids is 1. The summed E-state index contributed by atoms with van der Waals surface area (Å²) in [6.45, 7) is 7.80. The Balaban J connectivity index is 2.27. The topological polar surface area (TPSA) is 29.5 Å². The van der Waals surface area contributed by atoms with E-state index in [0.29, 0.717) is 0 Å². The van der Waals surface area contributed by atoms with Crippen LogP contribution in [0.5, 0.6) is 0 Å². The summed E-state index contributed by atoms with van der Waals surface area (Å²) >= 11 is 0. The third-order valence-corrected chi connectivity index (χ3v) is 3.13. The van der Waals surface area contributed by atoms with Crippen molar-refractivity contribution in [1.82, 2.24) is 0 Å². The Labute approximate surface area is 109 Å². The van der Waals surface area contributed by atoms with Crippen LogP contribution in [0.25, 0.3) is 0 Å². The lowest BCUT2D eigenvalue weighted by molar-refractivity contribution is 0.0569. The monoisotopic (exact) mass is 247 g/mol. The van der Waals surface area contributed by atoms with Crippen LogP contribution in [0.3, 0.4) is 0 Å². The zero-order chi connectivity index (χ0) is 13.3. The number of fused-ring (bicyclic) bond motifs is 1. The standard InChI is InChI=1S/C15H21NO2/c1-5-12-10-11-8-6-7-9-13(11)16(12)14(17)18-15(2,3)4/h6-9,12H,5,10H2,1-4H3/t12-/m1/s1. The molecule has 3 heteroatoms. The van der Waals surface area contributed by atoms with E-state index in [2.05, 4.69) is 13.0 Å². The quantitative estimate of drug-likeness (QED) is 0.756. The molecule has 0 aliphatic carbocycles. The second-order valence-electron chi connectivity index (χ2n) is 5.75. The van der Waals surface area contributed by atoms with Gasteiger partial charge in [-0.25, -0.2) is 4.79 Å². The molecule has 0 saturated heterocycles. The lowest BCUT2D eigenvalue weighted by Gasteiger charge is -2.28. The molecule has 1 aliphatic heterocycles. The minimum atomic E-state index is -0.451. The van der Waals surface area contributed by atoms with Crippen molar-refractivity contribution in [2.45, 2.75) is 52.2 Å². The van der Waals surface area contributed by atoms with Crippen molar-refractivity contribution in [3.63, 3.8) is 0 Å². The second-order valence-corrected chi connectivity index (χ2v) is 5.75. The number of carbonyl (C=O) groups is 1. The third-order valence-electron chi connectivity index (χ3n) is 3.13. The molecule has 0 bridgehead atoms.